The fraction of sp³-hybridized carbons (Fsp3) is 0.890. The summed E-state index contributed by atoms with van der Waals surface area (Å²) in [5, 5.41) is 0. The highest BCUT2D eigenvalue weighted by Crippen LogP contribution is 2.52. The third-order valence-electron chi connectivity index (χ3n) is 22.4. The van der Waals surface area contributed by atoms with Gasteiger partial charge in [-0.15, -0.1) is 0 Å². The molecule has 0 N–H and O–H groups in total. The molecule has 0 aliphatic heterocycles. The van der Waals surface area contributed by atoms with E-state index in [9.17, 15) is 19.2 Å². The van der Waals surface area contributed by atoms with Gasteiger partial charge in [0.05, 0.1) is 0 Å². The molecule has 0 aromatic heterocycles. The van der Waals surface area contributed by atoms with Crippen LogP contribution in [-0.4, -0.2) is 48.3 Å². The van der Waals surface area contributed by atoms with Crippen LogP contribution in [-0.2, 0) is 38.1 Å². The average Bonchev–Trinajstić information content (AvgIpc) is 3.45. The molecule has 0 radical (unpaired) electrons. The summed E-state index contributed by atoms with van der Waals surface area (Å²) in [6.07, 6.45) is 53.4. The summed E-state index contributed by atoms with van der Waals surface area (Å²) in [4.78, 5) is 50.0. The van der Waals surface area contributed by atoms with Crippen LogP contribution in [0.1, 0.15) is 331 Å². The number of hydrogen-bond acceptors (Lipinski definition) is 8. The van der Waals surface area contributed by atoms with Gasteiger partial charge in [-0.05, 0) is 206 Å². The van der Waals surface area contributed by atoms with Gasteiger partial charge in [0.2, 0.25) is 0 Å². The van der Waals surface area contributed by atoms with Crippen LogP contribution >= 0.6 is 0 Å². The maximum Gasteiger partial charge on any atom is 0.333 e. The third kappa shape index (κ3) is 24.3. The molecule has 0 aromatic carbocycles. The second-order valence-corrected chi connectivity index (χ2v) is 28.8. The first-order chi connectivity index (χ1) is 39.0. The van der Waals surface area contributed by atoms with Crippen LogP contribution in [0.2, 0.25) is 0 Å². The Morgan fingerprint density at radius 1 is 0.395 bits per heavy atom. The van der Waals surface area contributed by atoms with Crippen LogP contribution in [0.5, 0.6) is 0 Å². The summed E-state index contributed by atoms with van der Waals surface area (Å²) in [5.74, 6) is 5.56. The maximum absolute atomic E-state index is 13.1. The van der Waals surface area contributed by atoms with Crippen molar-refractivity contribution in [3.63, 3.8) is 0 Å². The molecule has 0 heterocycles. The molecule has 0 amide bonds. The SMILES string of the molecule is C=CC(=O)OC1CCC(C(C)(C)C2CCC(OC(=O)CCCCCCCC3C(CCCCCCCC(=O)OC4CCC(C(C)(C)C5CCC(OC(=O)C(=C)C)CC5)CC4)CCC(CCCCCC)C3CCCCCCCC)CC2)CC1. The van der Waals surface area contributed by atoms with Crippen molar-refractivity contribution in [2.24, 2.45) is 58.2 Å². The maximum atomic E-state index is 13.1. The van der Waals surface area contributed by atoms with E-state index in [2.05, 4.69) is 54.7 Å². The largest absolute Gasteiger partial charge is 0.462 e. The number of carbonyl (C=O) groups excluding carboxylic acids is 4. The molecule has 5 fully saturated rings. The second kappa shape index (κ2) is 37.7. The van der Waals surface area contributed by atoms with Gasteiger partial charge in [0.1, 0.15) is 24.4 Å². The van der Waals surface area contributed by atoms with E-state index in [1.165, 1.54) is 147 Å². The van der Waals surface area contributed by atoms with Crippen molar-refractivity contribution in [1.82, 2.24) is 0 Å². The van der Waals surface area contributed by atoms with Gasteiger partial charge >= 0.3 is 23.9 Å². The monoisotopic (exact) mass is 1130 g/mol. The molecule has 4 unspecified atom stereocenters. The lowest BCUT2D eigenvalue weighted by Crippen LogP contribution is -2.39. The summed E-state index contributed by atoms with van der Waals surface area (Å²) in [5.41, 5.74) is 0.954. The van der Waals surface area contributed by atoms with Crippen molar-refractivity contribution < 1.29 is 38.1 Å². The van der Waals surface area contributed by atoms with Crippen LogP contribution < -0.4 is 0 Å². The molecule has 5 saturated carbocycles. The lowest BCUT2D eigenvalue weighted by molar-refractivity contribution is -0.153. The van der Waals surface area contributed by atoms with E-state index in [-0.39, 0.29) is 59.1 Å². The van der Waals surface area contributed by atoms with E-state index >= 15 is 0 Å². The number of hydrogen-bond donors (Lipinski definition) is 0. The van der Waals surface area contributed by atoms with Gasteiger partial charge in [-0.2, -0.15) is 0 Å². The van der Waals surface area contributed by atoms with Gasteiger partial charge in [-0.25, -0.2) is 9.59 Å². The van der Waals surface area contributed by atoms with Gasteiger partial charge in [0.15, 0.2) is 0 Å². The molecule has 5 aliphatic rings. The van der Waals surface area contributed by atoms with Crippen molar-refractivity contribution in [1.29, 1.82) is 0 Å². The summed E-state index contributed by atoms with van der Waals surface area (Å²) >= 11 is 0. The molecule has 0 aromatic rings. The summed E-state index contributed by atoms with van der Waals surface area (Å²) < 4.78 is 23.5. The number of ether oxygens (including phenoxy) is 4. The standard InChI is InChI=1S/C73H126O8/c1-10-13-15-17-21-27-33-66-56(31-25-16-14-11-2)37-38-57(32-26-20-18-23-29-35-69(75)79-64-51-43-60(44-52-64)73(8,9)61-45-53-65(54-46-61)81-71(77)55(4)5)67(66)34-28-22-19-24-30-36-70(76)80-63-49-41-59(42-50-63)72(6,7)58-39-47-62(48-40-58)78-68(74)12-3/h12,56-67H,3-4,10-11,13-54H2,1-2,5-9H3. The van der Waals surface area contributed by atoms with Crippen molar-refractivity contribution in [2.45, 2.75) is 355 Å². The zero-order chi connectivity index (χ0) is 58.5. The zero-order valence-corrected chi connectivity index (χ0v) is 53.8. The number of carbonyl (C=O) groups is 4. The summed E-state index contributed by atoms with van der Waals surface area (Å²) in [6, 6.07) is 0. The molecule has 0 spiro atoms. The summed E-state index contributed by atoms with van der Waals surface area (Å²) in [7, 11) is 0. The van der Waals surface area contributed by atoms with Gasteiger partial charge in [-0.1, -0.05) is 183 Å². The fourth-order valence-corrected chi connectivity index (χ4v) is 16.9. The van der Waals surface area contributed by atoms with E-state index in [0.29, 0.717) is 42.1 Å². The average molecular weight is 1130 g/mol. The number of unbranched alkanes of at least 4 members (excludes halogenated alkanes) is 16. The van der Waals surface area contributed by atoms with Gasteiger partial charge in [0.25, 0.3) is 0 Å². The minimum Gasteiger partial charge on any atom is -0.462 e. The Hall–Kier alpha value is -2.64. The molecule has 0 saturated heterocycles. The van der Waals surface area contributed by atoms with E-state index in [0.717, 1.165) is 152 Å². The zero-order valence-electron chi connectivity index (χ0n) is 53.8. The van der Waals surface area contributed by atoms with Crippen LogP contribution in [0, 0.1) is 58.2 Å². The fourth-order valence-electron chi connectivity index (χ4n) is 16.9. The first-order valence-electron chi connectivity index (χ1n) is 35.1. The van der Waals surface area contributed by atoms with Crippen molar-refractivity contribution in [3.05, 3.63) is 24.8 Å². The molecule has 81 heavy (non-hydrogen) atoms. The minimum atomic E-state index is -0.301. The van der Waals surface area contributed by atoms with E-state index < -0.39 is 0 Å². The molecular weight excluding hydrogens is 1000 g/mol. The Bertz CT molecular complexity index is 1780. The Labute approximate surface area is 498 Å². The first kappa shape index (κ1) is 69.1. The normalized spacial score (nSPS) is 28.4. The quantitative estimate of drug-likeness (QED) is 0.0261. The van der Waals surface area contributed by atoms with Crippen LogP contribution in [0.4, 0.5) is 0 Å². The highest BCUT2D eigenvalue weighted by atomic mass is 16.6. The van der Waals surface area contributed by atoms with Gasteiger partial charge < -0.3 is 18.9 Å². The Morgan fingerprint density at radius 2 is 0.691 bits per heavy atom. The van der Waals surface area contributed by atoms with Crippen molar-refractivity contribution in [2.75, 3.05) is 0 Å². The summed E-state index contributed by atoms with van der Waals surface area (Å²) in [6.45, 7) is 23.5. The van der Waals surface area contributed by atoms with Crippen molar-refractivity contribution in [3.8, 4) is 0 Å². The van der Waals surface area contributed by atoms with E-state index in [1.807, 2.05) is 0 Å². The van der Waals surface area contributed by atoms with Crippen LogP contribution in [0.3, 0.4) is 0 Å². The smallest absolute Gasteiger partial charge is 0.333 e. The second-order valence-electron chi connectivity index (χ2n) is 28.8. The van der Waals surface area contributed by atoms with Gasteiger partial charge in [0, 0.05) is 24.5 Å². The molecule has 4 atom stereocenters. The lowest BCUT2D eigenvalue weighted by atomic mass is 9.60. The van der Waals surface area contributed by atoms with E-state index in [4.69, 9.17) is 18.9 Å². The molecular formula is C73H126O8. The lowest BCUT2D eigenvalue weighted by Gasteiger charge is -2.46. The third-order valence-corrected chi connectivity index (χ3v) is 22.4. The molecule has 8 nitrogen and oxygen atoms in total. The predicted octanol–water partition coefficient (Wildman–Crippen LogP) is 20.6. The minimum absolute atomic E-state index is 0.0140. The van der Waals surface area contributed by atoms with Gasteiger partial charge in [-0.3, -0.25) is 9.59 Å². The predicted molar refractivity (Wildman–Crippen MR) is 335 cm³/mol. The molecule has 0 bridgehead atoms. The Kier molecular flexibility index (Phi) is 32.2. The molecule has 466 valence electrons. The highest BCUT2D eigenvalue weighted by molar-refractivity contribution is 5.87. The Morgan fingerprint density at radius 3 is 1.04 bits per heavy atom. The molecule has 5 aliphatic carbocycles. The molecule has 5 rings (SSSR count). The van der Waals surface area contributed by atoms with E-state index in [1.54, 1.807) is 6.92 Å². The molecule has 8 heteroatoms. The van der Waals surface area contributed by atoms with Crippen LogP contribution in [0.25, 0.3) is 0 Å². The van der Waals surface area contributed by atoms with Crippen LogP contribution in [0.15, 0.2) is 24.8 Å². The topological polar surface area (TPSA) is 105 Å². The Balaban J connectivity index is 0.986. The number of esters is 4. The first-order valence-corrected chi connectivity index (χ1v) is 35.1. The highest BCUT2D eigenvalue weighted by Gasteiger charge is 2.44. The number of rotatable bonds is 38. The van der Waals surface area contributed by atoms with Crippen molar-refractivity contribution >= 4 is 23.9 Å².